The molecule has 0 spiro atoms. The highest BCUT2D eigenvalue weighted by Gasteiger charge is 2.10. The summed E-state index contributed by atoms with van der Waals surface area (Å²) in [7, 11) is 0.271. The maximum Gasteiger partial charge on any atom is 0.294 e. The number of likely N-dealkylation sites (N-methyl/N-ethyl adjacent to an activating group) is 1. The van der Waals surface area contributed by atoms with Crippen molar-refractivity contribution < 1.29 is 17.5 Å². The molecule has 0 unspecified atom stereocenters. The zero-order valence-corrected chi connectivity index (χ0v) is 12.5. The monoisotopic (exact) mass is 287 g/mol. The van der Waals surface area contributed by atoms with Crippen LogP contribution in [-0.2, 0) is 10.1 Å². The third-order valence-corrected chi connectivity index (χ3v) is 3.40. The second kappa shape index (κ2) is 7.28. The number of rotatable bonds is 4. The van der Waals surface area contributed by atoms with Crippen LogP contribution < -0.4 is 5.73 Å². The maximum atomic E-state index is 10.4. The number of benzene rings is 1. The van der Waals surface area contributed by atoms with E-state index in [1.807, 2.05) is 0 Å². The van der Waals surface area contributed by atoms with Gasteiger partial charge in [-0.15, -0.1) is 0 Å². The highest BCUT2D eigenvalue weighted by Crippen LogP contribution is 2.05. The van der Waals surface area contributed by atoms with Crippen molar-refractivity contribution in [2.75, 3.05) is 27.2 Å². The fraction of sp³-hybridized carbons (Fsp3) is 0.385. The zero-order chi connectivity index (χ0) is 15.1. The van der Waals surface area contributed by atoms with Crippen molar-refractivity contribution in [1.29, 1.82) is 0 Å². The normalized spacial score (nSPS) is 11.4. The lowest BCUT2D eigenvalue weighted by Gasteiger charge is -2.27. The Hall–Kier alpha value is -1.37. The van der Waals surface area contributed by atoms with Crippen LogP contribution in [-0.4, -0.2) is 44.6 Å². The van der Waals surface area contributed by atoms with Gasteiger partial charge in [0.05, 0.1) is 31.2 Å². The second-order valence-corrected chi connectivity index (χ2v) is 6.28. The molecule has 1 aromatic rings. The first-order chi connectivity index (χ1) is 8.58. The van der Waals surface area contributed by atoms with E-state index in [2.05, 4.69) is 27.6 Å². The Morgan fingerprint density at radius 2 is 1.79 bits per heavy atom. The lowest BCUT2D eigenvalue weighted by molar-refractivity contribution is -0.883. The molecule has 0 aliphatic heterocycles. The summed E-state index contributed by atoms with van der Waals surface area (Å²) in [4.78, 5) is -0.0741. The first-order valence-corrected chi connectivity index (χ1v) is 7.30. The van der Waals surface area contributed by atoms with Crippen molar-refractivity contribution in [3.63, 3.8) is 0 Å². The number of nitrogens with two attached hydrogens (primary N) is 1. The fourth-order valence-corrected chi connectivity index (χ4v) is 1.76. The van der Waals surface area contributed by atoms with Crippen LogP contribution in [0.1, 0.15) is 6.92 Å². The first-order valence-electron chi connectivity index (χ1n) is 5.86. The summed E-state index contributed by atoms with van der Waals surface area (Å²) in [6, 6.07) is 7.42. The minimum atomic E-state index is -4.00. The largest absolute Gasteiger partial charge is 0.398 e. The quantitative estimate of drug-likeness (QED) is 0.649. The molecule has 108 valence electrons. The van der Waals surface area contributed by atoms with E-state index in [4.69, 9.17) is 10.3 Å². The molecule has 0 radical (unpaired) electrons. The van der Waals surface area contributed by atoms with Gasteiger partial charge in [-0.1, -0.05) is 24.8 Å². The molecule has 19 heavy (non-hydrogen) atoms. The van der Waals surface area contributed by atoms with Gasteiger partial charge < -0.3 is 10.2 Å². The van der Waals surface area contributed by atoms with Crippen LogP contribution >= 0.6 is 0 Å². The van der Waals surface area contributed by atoms with Crippen molar-refractivity contribution in [3.8, 4) is 0 Å². The Morgan fingerprint density at radius 1 is 1.32 bits per heavy atom. The van der Waals surface area contributed by atoms with Crippen LogP contribution in [0.3, 0.4) is 0 Å². The van der Waals surface area contributed by atoms with E-state index in [0.29, 0.717) is 0 Å². The van der Waals surface area contributed by atoms with Crippen LogP contribution in [0.25, 0.3) is 0 Å². The molecule has 0 aliphatic carbocycles. The lowest BCUT2D eigenvalue weighted by atomic mass is 10.4. The summed E-state index contributed by atoms with van der Waals surface area (Å²) in [5.74, 6) is 0. The van der Waals surface area contributed by atoms with Crippen molar-refractivity contribution >= 4 is 10.1 Å². The number of hydrogen-bond acceptors (Lipinski definition) is 3. The van der Waals surface area contributed by atoms with E-state index in [9.17, 15) is 8.42 Å². The topological polar surface area (TPSA) is 80.4 Å². The van der Waals surface area contributed by atoms with Crippen molar-refractivity contribution in [1.82, 2.24) is 0 Å². The van der Waals surface area contributed by atoms with Gasteiger partial charge in [0, 0.05) is 0 Å². The lowest BCUT2D eigenvalue weighted by Crippen LogP contribution is -2.41. The molecule has 5 nitrogen and oxygen atoms in total. The van der Waals surface area contributed by atoms with E-state index in [-0.39, 0.29) is 4.90 Å². The Balaban J connectivity index is 0.000000344. The molecule has 0 saturated carbocycles. The van der Waals surface area contributed by atoms with Crippen molar-refractivity contribution in [2.45, 2.75) is 11.8 Å². The molecule has 0 saturated heterocycles. The smallest absolute Gasteiger partial charge is 0.294 e. The highest BCUT2D eigenvalue weighted by atomic mass is 32.2. The molecular weight excluding hydrogens is 264 g/mol. The molecule has 0 aromatic heterocycles. The van der Waals surface area contributed by atoms with Gasteiger partial charge in [0.1, 0.15) is 6.54 Å². The third kappa shape index (κ3) is 8.36. The van der Waals surface area contributed by atoms with Gasteiger partial charge in [-0.05, 0) is 19.1 Å². The summed E-state index contributed by atoms with van der Waals surface area (Å²) in [5.41, 5.74) is 6.21. The summed E-state index contributed by atoms with van der Waals surface area (Å²) in [5, 5.41) is 0. The first kappa shape index (κ1) is 17.6. The summed E-state index contributed by atoms with van der Waals surface area (Å²) in [6.45, 7) is 7.76. The summed E-state index contributed by atoms with van der Waals surface area (Å²) >= 11 is 0. The zero-order valence-electron chi connectivity index (χ0n) is 11.7. The van der Waals surface area contributed by atoms with Crippen LogP contribution in [0.5, 0.6) is 0 Å². The van der Waals surface area contributed by atoms with Crippen LogP contribution in [0.4, 0.5) is 0 Å². The van der Waals surface area contributed by atoms with E-state index >= 15 is 0 Å². The predicted octanol–water partition coefficient (Wildman–Crippen LogP) is 1.49. The molecule has 0 atom stereocenters. The third-order valence-electron chi connectivity index (χ3n) is 2.53. The number of hydrogen-bond donors (Lipinski definition) is 2. The molecule has 0 heterocycles. The average Bonchev–Trinajstić information content (AvgIpc) is 2.28. The van der Waals surface area contributed by atoms with E-state index in [0.717, 1.165) is 23.3 Å². The molecule has 6 heteroatoms. The predicted molar refractivity (Wildman–Crippen MR) is 77.1 cm³/mol. The summed E-state index contributed by atoms with van der Waals surface area (Å²) in [6.07, 6.45) is 0. The Bertz CT molecular complexity index is 496. The molecular formula is C13H23N2O3S+. The SMILES string of the molecule is C=C(N)C[N+](C)(C)CC.O=S(=O)(O)c1ccccc1. The van der Waals surface area contributed by atoms with E-state index in [1.54, 1.807) is 18.2 Å². The van der Waals surface area contributed by atoms with Gasteiger partial charge in [0.15, 0.2) is 0 Å². The summed E-state index contributed by atoms with van der Waals surface area (Å²) < 4.78 is 30.2. The Morgan fingerprint density at radius 3 is 2.00 bits per heavy atom. The Labute approximate surface area is 115 Å². The maximum absolute atomic E-state index is 10.4. The van der Waals surface area contributed by atoms with Gasteiger partial charge >= 0.3 is 0 Å². The van der Waals surface area contributed by atoms with Crippen molar-refractivity contribution in [3.05, 3.63) is 42.6 Å². The minimum absolute atomic E-state index is 0.0741. The van der Waals surface area contributed by atoms with Crippen LogP contribution in [0, 0.1) is 0 Å². The molecule has 0 amide bonds. The molecule has 0 bridgehead atoms. The average molecular weight is 287 g/mol. The minimum Gasteiger partial charge on any atom is -0.398 e. The fourth-order valence-electron chi connectivity index (χ4n) is 1.25. The van der Waals surface area contributed by atoms with Crippen molar-refractivity contribution in [2.24, 2.45) is 5.73 Å². The van der Waals surface area contributed by atoms with Gasteiger partial charge in [0.2, 0.25) is 0 Å². The molecule has 1 aromatic carbocycles. The van der Waals surface area contributed by atoms with Gasteiger partial charge in [-0.3, -0.25) is 4.55 Å². The molecule has 0 fully saturated rings. The van der Waals surface area contributed by atoms with Crippen LogP contribution in [0.2, 0.25) is 0 Å². The number of quaternary nitrogens is 1. The Kier molecular flexibility index (Phi) is 6.75. The van der Waals surface area contributed by atoms with E-state index < -0.39 is 10.1 Å². The van der Waals surface area contributed by atoms with Gasteiger partial charge in [-0.2, -0.15) is 8.42 Å². The molecule has 1 rings (SSSR count). The van der Waals surface area contributed by atoms with Crippen LogP contribution in [0.15, 0.2) is 47.5 Å². The molecule has 3 N–H and O–H groups in total. The molecule has 0 aliphatic rings. The standard InChI is InChI=1S/C7H17N2.C6H6O3S/c1-5-9(3,4)6-7(2)8;7-10(8,9)6-4-2-1-3-5-6/h2,5-6,8H2,1,3-4H3;1-5H,(H,7,8,9)/q+1;. The van der Waals surface area contributed by atoms with Gasteiger partial charge in [-0.25, -0.2) is 0 Å². The van der Waals surface area contributed by atoms with E-state index in [1.165, 1.54) is 12.1 Å². The highest BCUT2D eigenvalue weighted by molar-refractivity contribution is 7.85. The number of nitrogens with zero attached hydrogens (tertiary/aromatic N) is 1. The van der Waals surface area contributed by atoms with Gasteiger partial charge in [0.25, 0.3) is 10.1 Å². The second-order valence-electron chi connectivity index (χ2n) is 4.86.